The van der Waals surface area contributed by atoms with Gasteiger partial charge < -0.3 is 14.2 Å². The lowest BCUT2D eigenvalue weighted by atomic mass is 9.71. The minimum atomic E-state index is -1.28. The Kier molecular flexibility index (Phi) is 1.94. The van der Waals surface area contributed by atoms with Gasteiger partial charge in [-0.05, 0) is 25.8 Å². The first-order chi connectivity index (χ1) is 7.91. The maximum absolute atomic E-state index is 12.1. The van der Waals surface area contributed by atoms with Crippen LogP contribution in [0.25, 0.3) is 0 Å². The molecule has 4 nitrogen and oxygen atoms in total. The van der Waals surface area contributed by atoms with Crippen LogP contribution in [0.1, 0.15) is 19.8 Å². The highest BCUT2D eigenvalue weighted by Gasteiger charge is 2.87. The van der Waals surface area contributed by atoms with Gasteiger partial charge in [0.25, 0.3) is 0 Å². The van der Waals surface area contributed by atoms with E-state index in [0.717, 1.165) is 12.8 Å². The molecule has 3 aliphatic rings. The first-order valence-corrected chi connectivity index (χ1v) is 6.02. The molecule has 0 aromatic heterocycles. The zero-order valence-electron chi connectivity index (χ0n) is 10.1. The SMILES string of the molecule is COC(=O)[C@]1(Cl)C2(CC2)[C@]2(C)C=C[C@@]1(OC)O2. The molecular formula is C12H15ClO4. The van der Waals surface area contributed by atoms with Crippen LogP contribution in [0.4, 0.5) is 0 Å². The Morgan fingerprint density at radius 2 is 2.00 bits per heavy atom. The van der Waals surface area contributed by atoms with Crippen molar-refractivity contribution in [1.29, 1.82) is 0 Å². The molecule has 0 aromatic rings. The molecule has 0 radical (unpaired) electrons. The summed E-state index contributed by atoms with van der Waals surface area (Å²) < 4.78 is 16.2. The predicted molar refractivity (Wildman–Crippen MR) is 60.6 cm³/mol. The van der Waals surface area contributed by atoms with E-state index in [9.17, 15) is 4.79 Å². The molecule has 2 bridgehead atoms. The second-order valence-corrected chi connectivity index (χ2v) is 5.71. The van der Waals surface area contributed by atoms with Gasteiger partial charge in [0.05, 0.1) is 12.7 Å². The lowest BCUT2D eigenvalue weighted by Gasteiger charge is -2.39. The van der Waals surface area contributed by atoms with E-state index in [0.29, 0.717) is 0 Å². The number of ether oxygens (including phenoxy) is 3. The van der Waals surface area contributed by atoms with Crippen molar-refractivity contribution in [2.45, 2.75) is 36.0 Å². The molecule has 0 N–H and O–H groups in total. The second kappa shape index (κ2) is 2.87. The molecule has 0 unspecified atom stereocenters. The number of carbonyl (C=O) groups is 1. The number of carbonyl (C=O) groups excluding carboxylic acids is 1. The van der Waals surface area contributed by atoms with Crippen LogP contribution < -0.4 is 0 Å². The summed E-state index contributed by atoms with van der Waals surface area (Å²) in [6.45, 7) is 1.95. The van der Waals surface area contributed by atoms with Crippen LogP contribution in [0.15, 0.2) is 12.2 Å². The number of hydrogen-bond acceptors (Lipinski definition) is 4. The second-order valence-electron chi connectivity index (χ2n) is 5.15. The molecule has 94 valence electrons. The van der Waals surface area contributed by atoms with Gasteiger partial charge in [0, 0.05) is 12.5 Å². The Balaban J connectivity index is 2.20. The standard InChI is InChI=1S/C12H15ClO4/c1-9-4-7-11(16-3,17-9)12(13,8(14)15-2)10(9)5-6-10/h4,7H,5-6H2,1-3H3/t9-,11+,12-/m0/s1. The molecule has 1 saturated heterocycles. The van der Waals surface area contributed by atoms with E-state index in [2.05, 4.69) is 0 Å². The number of methoxy groups -OCH3 is 2. The molecule has 3 rings (SSSR count). The van der Waals surface area contributed by atoms with Gasteiger partial charge in [-0.15, -0.1) is 0 Å². The van der Waals surface area contributed by atoms with E-state index in [-0.39, 0.29) is 0 Å². The van der Waals surface area contributed by atoms with Gasteiger partial charge in [0.1, 0.15) is 0 Å². The van der Waals surface area contributed by atoms with Crippen LogP contribution >= 0.6 is 11.6 Å². The fourth-order valence-corrected chi connectivity index (χ4v) is 4.10. The highest BCUT2D eigenvalue weighted by atomic mass is 35.5. The first kappa shape index (κ1) is 11.5. The normalized spacial score (nSPS) is 48.7. The van der Waals surface area contributed by atoms with E-state index in [4.69, 9.17) is 25.8 Å². The van der Waals surface area contributed by atoms with E-state index < -0.39 is 27.6 Å². The third-order valence-electron chi connectivity index (χ3n) is 4.59. The summed E-state index contributed by atoms with van der Waals surface area (Å²) in [5.41, 5.74) is -0.946. The Morgan fingerprint density at radius 1 is 1.35 bits per heavy atom. The van der Waals surface area contributed by atoms with Crippen molar-refractivity contribution in [1.82, 2.24) is 0 Å². The van der Waals surface area contributed by atoms with Crippen molar-refractivity contribution < 1.29 is 19.0 Å². The van der Waals surface area contributed by atoms with E-state index >= 15 is 0 Å². The van der Waals surface area contributed by atoms with E-state index in [1.165, 1.54) is 14.2 Å². The average Bonchev–Trinajstić information content (AvgIpc) is 3.04. The quantitative estimate of drug-likeness (QED) is 0.429. The van der Waals surface area contributed by atoms with Gasteiger partial charge in [0.15, 0.2) is 0 Å². The van der Waals surface area contributed by atoms with Crippen LogP contribution in [0, 0.1) is 5.41 Å². The summed E-state index contributed by atoms with van der Waals surface area (Å²) in [4.78, 5) is 10.9. The van der Waals surface area contributed by atoms with Crippen LogP contribution in [0.5, 0.6) is 0 Å². The van der Waals surface area contributed by atoms with Gasteiger partial charge >= 0.3 is 5.97 Å². The van der Waals surface area contributed by atoms with Gasteiger partial charge in [-0.1, -0.05) is 17.7 Å². The number of esters is 1. The maximum atomic E-state index is 12.1. The average molecular weight is 259 g/mol. The predicted octanol–water partition coefficient (Wildman–Crippen LogP) is 1.62. The molecule has 0 amide bonds. The Hall–Kier alpha value is -0.580. The van der Waals surface area contributed by atoms with Crippen molar-refractivity contribution >= 4 is 17.6 Å². The summed E-state index contributed by atoms with van der Waals surface area (Å²) in [7, 11) is 2.83. The van der Waals surface area contributed by atoms with Gasteiger partial charge in [0.2, 0.25) is 10.7 Å². The fourth-order valence-electron chi connectivity index (χ4n) is 3.46. The maximum Gasteiger partial charge on any atom is 0.333 e. The van der Waals surface area contributed by atoms with Gasteiger partial charge in [-0.2, -0.15) is 0 Å². The van der Waals surface area contributed by atoms with Crippen LogP contribution in [0.3, 0.4) is 0 Å². The monoisotopic (exact) mass is 258 g/mol. The minimum Gasteiger partial charge on any atom is -0.468 e. The molecule has 2 heterocycles. The van der Waals surface area contributed by atoms with Crippen molar-refractivity contribution in [3.05, 3.63) is 12.2 Å². The number of fused-ring (bicyclic) bond motifs is 3. The molecule has 2 aliphatic heterocycles. The molecule has 3 atom stereocenters. The fraction of sp³-hybridized carbons (Fsp3) is 0.750. The van der Waals surface area contributed by atoms with Crippen molar-refractivity contribution in [2.24, 2.45) is 5.41 Å². The summed E-state index contributed by atoms with van der Waals surface area (Å²) in [5.74, 6) is -1.68. The first-order valence-electron chi connectivity index (χ1n) is 5.64. The zero-order valence-corrected chi connectivity index (χ0v) is 10.8. The molecular weight excluding hydrogens is 244 g/mol. The lowest BCUT2D eigenvalue weighted by molar-refractivity contribution is -0.198. The molecule has 1 saturated carbocycles. The van der Waals surface area contributed by atoms with E-state index in [1.807, 2.05) is 13.0 Å². The highest BCUT2D eigenvalue weighted by Crippen LogP contribution is 2.76. The third kappa shape index (κ3) is 0.904. The Labute approximate surface area is 105 Å². The number of hydrogen-bond donors (Lipinski definition) is 0. The van der Waals surface area contributed by atoms with Crippen LogP contribution in [-0.4, -0.2) is 36.5 Å². The lowest BCUT2D eigenvalue weighted by Crippen LogP contribution is -2.58. The third-order valence-corrected chi connectivity index (χ3v) is 5.37. The van der Waals surface area contributed by atoms with E-state index in [1.54, 1.807) is 6.08 Å². The van der Waals surface area contributed by atoms with Crippen molar-refractivity contribution in [2.75, 3.05) is 14.2 Å². The summed E-state index contributed by atoms with van der Waals surface area (Å²) in [6.07, 6.45) is 5.38. The topological polar surface area (TPSA) is 44.8 Å². The Morgan fingerprint density at radius 3 is 2.47 bits per heavy atom. The van der Waals surface area contributed by atoms with Crippen LogP contribution in [0.2, 0.25) is 0 Å². The zero-order chi connectivity index (χ0) is 12.5. The highest BCUT2D eigenvalue weighted by molar-refractivity contribution is 6.36. The molecule has 1 aliphatic carbocycles. The molecule has 5 heteroatoms. The largest absolute Gasteiger partial charge is 0.468 e. The number of rotatable bonds is 2. The van der Waals surface area contributed by atoms with Crippen LogP contribution in [-0.2, 0) is 19.0 Å². The minimum absolute atomic E-state index is 0.403. The van der Waals surface area contributed by atoms with Gasteiger partial charge in [-0.3, -0.25) is 0 Å². The van der Waals surface area contributed by atoms with Crippen molar-refractivity contribution in [3.63, 3.8) is 0 Å². The Bertz CT molecular complexity index is 430. The summed E-state index contributed by atoms with van der Waals surface area (Å²) >= 11 is 6.64. The molecule has 17 heavy (non-hydrogen) atoms. The van der Waals surface area contributed by atoms with Crippen molar-refractivity contribution in [3.8, 4) is 0 Å². The summed E-state index contributed by atoms with van der Waals surface area (Å²) in [5, 5.41) is 0. The molecule has 2 fully saturated rings. The summed E-state index contributed by atoms with van der Waals surface area (Å²) in [6, 6.07) is 0. The van der Waals surface area contributed by atoms with Gasteiger partial charge in [-0.25, -0.2) is 4.79 Å². The smallest absolute Gasteiger partial charge is 0.333 e. The molecule has 1 spiro atoms. The molecule has 0 aromatic carbocycles. The number of halogens is 1. The number of alkyl halides is 1.